The fraction of sp³-hybridized carbons (Fsp3) is 0.0667. The Morgan fingerprint density at radius 2 is 1.60 bits per heavy atom. The smallest absolute Gasteiger partial charge is 0.313 e. The van der Waals surface area contributed by atoms with Crippen molar-refractivity contribution in [2.75, 3.05) is 5.32 Å². The van der Waals surface area contributed by atoms with Crippen molar-refractivity contribution in [3.8, 4) is 0 Å². The molecule has 7 nitrogen and oxygen atoms in total. The Hall–Kier alpha value is -2.13. The Kier molecular flexibility index (Phi) is 6.02. The molecule has 0 unspecified atom stereocenters. The van der Waals surface area contributed by atoms with Gasteiger partial charge in [-0.05, 0) is 35.9 Å². The van der Waals surface area contributed by atoms with E-state index in [-0.39, 0.29) is 16.5 Å². The monoisotopic (exact) mass is 401 g/mol. The summed E-state index contributed by atoms with van der Waals surface area (Å²) in [5.74, 6) is -1.74. The van der Waals surface area contributed by atoms with Gasteiger partial charge in [0, 0.05) is 12.2 Å². The van der Waals surface area contributed by atoms with Gasteiger partial charge in [0.25, 0.3) is 0 Å². The first-order chi connectivity index (χ1) is 11.7. The van der Waals surface area contributed by atoms with Crippen molar-refractivity contribution in [3.05, 3.63) is 58.1 Å². The SMILES string of the molecule is NS(=O)(=O)c1ccc(CNC(=O)C(=O)Nc2ccc(Cl)c(Cl)c2)cc1. The van der Waals surface area contributed by atoms with E-state index in [1.165, 1.54) is 42.5 Å². The summed E-state index contributed by atoms with van der Waals surface area (Å²) < 4.78 is 22.3. The number of hydrogen-bond donors (Lipinski definition) is 3. The van der Waals surface area contributed by atoms with Crippen molar-refractivity contribution in [2.45, 2.75) is 11.4 Å². The fourth-order valence-corrected chi connectivity index (χ4v) is 2.63. The van der Waals surface area contributed by atoms with Gasteiger partial charge in [-0.25, -0.2) is 13.6 Å². The number of amides is 2. The third kappa shape index (κ3) is 5.43. The van der Waals surface area contributed by atoms with E-state index in [9.17, 15) is 18.0 Å². The summed E-state index contributed by atoms with van der Waals surface area (Å²) in [5.41, 5.74) is 0.926. The zero-order chi connectivity index (χ0) is 18.6. The van der Waals surface area contributed by atoms with E-state index in [0.29, 0.717) is 16.3 Å². The standard InChI is InChI=1S/C15H13Cl2N3O4S/c16-12-6-3-10(7-13(12)17)20-15(22)14(21)19-8-9-1-4-11(5-2-9)25(18,23)24/h1-7H,8H2,(H,19,21)(H,20,22)(H2,18,23,24). The number of carbonyl (C=O) groups excluding carboxylic acids is 2. The molecule has 0 radical (unpaired) electrons. The molecule has 0 fully saturated rings. The molecule has 0 spiro atoms. The molecule has 0 aliphatic heterocycles. The first-order valence-corrected chi connectivity index (χ1v) is 9.13. The number of primary sulfonamides is 1. The summed E-state index contributed by atoms with van der Waals surface area (Å²) >= 11 is 11.6. The molecule has 2 aromatic carbocycles. The Bertz CT molecular complexity index is 915. The van der Waals surface area contributed by atoms with Crippen LogP contribution in [-0.4, -0.2) is 20.2 Å². The van der Waals surface area contributed by atoms with E-state index < -0.39 is 21.8 Å². The van der Waals surface area contributed by atoms with Crippen molar-refractivity contribution in [1.29, 1.82) is 0 Å². The highest BCUT2D eigenvalue weighted by molar-refractivity contribution is 7.89. The van der Waals surface area contributed by atoms with Crippen LogP contribution in [0.15, 0.2) is 47.4 Å². The lowest BCUT2D eigenvalue weighted by Gasteiger charge is -2.08. The molecular weight excluding hydrogens is 389 g/mol. The van der Waals surface area contributed by atoms with Gasteiger partial charge >= 0.3 is 11.8 Å². The Morgan fingerprint density at radius 3 is 2.16 bits per heavy atom. The minimum Gasteiger partial charge on any atom is -0.344 e. The summed E-state index contributed by atoms with van der Waals surface area (Å²) in [6, 6.07) is 10.0. The van der Waals surface area contributed by atoms with Crippen LogP contribution in [-0.2, 0) is 26.2 Å². The molecule has 0 saturated heterocycles. The van der Waals surface area contributed by atoms with Gasteiger partial charge in [0.05, 0.1) is 14.9 Å². The summed E-state index contributed by atoms with van der Waals surface area (Å²) in [6.45, 7) is 0.0402. The second kappa shape index (κ2) is 7.83. The molecular formula is C15H13Cl2N3O4S. The highest BCUT2D eigenvalue weighted by Crippen LogP contribution is 2.24. The molecule has 0 bridgehead atoms. The van der Waals surface area contributed by atoms with Crippen LogP contribution in [0.5, 0.6) is 0 Å². The molecule has 0 atom stereocenters. The molecule has 0 aliphatic rings. The Labute approximate surface area is 154 Å². The maximum atomic E-state index is 11.8. The van der Waals surface area contributed by atoms with Gasteiger partial charge in [0.15, 0.2) is 0 Å². The van der Waals surface area contributed by atoms with Crippen LogP contribution in [0.4, 0.5) is 5.69 Å². The highest BCUT2D eigenvalue weighted by Gasteiger charge is 2.14. The van der Waals surface area contributed by atoms with E-state index >= 15 is 0 Å². The first-order valence-electron chi connectivity index (χ1n) is 6.83. The largest absolute Gasteiger partial charge is 0.344 e. The summed E-state index contributed by atoms with van der Waals surface area (Å²) in [4.78, 5) is 23.6. The normalized spacial score (nSPS) is 11.0. The molecule has 0 heterocycles. The maximum absolute atomic E-state index is 11.8. The van der Waals surface area contributed by atoms with Crippen LogP contribution >= 0.6 is 23.2 Å². The number of halogens is 2. The zero-order valence-corrected chi connectivity index (χ0v) is 15.0. The van der Waals surface area contributed by atoms with Gasteiger partial charge in [0.2, 0.25) is 10.0 Å². The topological polar surface area (TPSA) is 118 Å². The van der Waals surface area contributed by atoms with Crippen molar-refractivity contribution < 1.29 is 18.0 Å². The maximum Gasteiger partial charge on any atom is 0.313 e. The van der Waals surface area contributed by atoms with Gasteiger partial charge < -0.3 is 10.6 Å². The van der Waals surface area contributed by atoms with Crippen molar-refractivity contribution in [3.63, 3.8) is 0 Å². The zero-order valence-electron chi connectivity index (χ0n) is 12.6. The molecule has 25 heavy (non-hydrogen) atoms. The van der Waals surface area contributed by atoms with Crippen LogP contribution in [0, 0.1) is 0 Å². The molecule has 10 heteroatoms. The number of nitrogens with two attached hydrogens (primary N) is 1. The predicted molar refractivity (Wildman–Crippen MR) is 94.8 cm³/mol. The van der Waals surface area contributed by atoms with E-state index in [0.717, 1.165) is 0 Å². The predicted octanol–water partition coefficient (Wildman–Crippen LogP) is 1.90. The Morgan fingerprint density at radius 1 is 0.960 bits per heavy atom. The highest BCUT2D eigenvalue weighted by atomic mass is 35.5. The van der Waals surface area contributed by atoms with Gasteiger partial charge in [0.1, 0.15) is 0 Å². The van der Waals surface area contributed by atoms with Gasteiger partial charge in [-0.3, -0.25) is 9.59 Å². The lowest BCUT2D eigenvalue weighted by molar-refractivity contribution is -0.136. The number of anilines is 1. The average molecular weight is 402 g/mol. The molecule has 2 amide bonds. The molecule has 2 aromatic rings. The van der Waals surface area contributed by atoms with Crippen molar-refractivity contribution in [1.82, 2.24) is 5.32 Å². The van der Waals surface area contributed by atoms with Crippen LogP contribution in [0.25, 0.3) is 0 Å². The van der Waals surface area contributed by atoms with Crippen LogP contribution in [0.3, 0.4) is 0 Å². The quantitative estimate of drug-likeness (QED) is 0.677. The van der Waals surface area contributed by atoms with Crippen LogP contribution in [0.1, 0.15) is 5.56 Å². The second-order valence-corrected chi connectivity index (χ2v) is 7.33. The molecule has 0 aromatic heterocycles. The third-order valence-electron chi connectivity index (χ3n) is 3.09. The number of rotatable bonds is 4. The second-order valence-electron chi connectivity index (χ2n) is 4.95. The number of nitrogens with one attached hydrogen (secondary N) is 2. The van der Waals surface area contributed by atoms with E-state index in [4.69, 9.17) is 28.3 Å². The van der Waals surface area contributed by atoms with Crippen molar-refractivity contribution in [2.24, 2.45) is 5.14 Å². The molecule has 4 N–H and O–H groups in total. The lowest BCUT2D eigenvalue weighted by atomic mass is 10.2. The number of sulfonamides is 1. The Balaban J connectivity index is 1.93. The van der Waals surface area contributed by atoms with E-state index in [1.54, 1.807) is 0 Å². The molecule has 2 rings (SSSR count). The molecule has 132 valence electrons. The average Bonchev–Trinajstić information content (AvgIpc) is 2.55. The number of carbonyl (C=O) groups is 2. The number of benzene rings is 2. The molecule has 0 saturated carbocycles. The van der Waals surface area contributed by atoms with Gasteiger partial charge in [-0.2, -0.15) is 0 Å². The van der Waals surface area contributed by atoms with Crippen molar-refractivity contribution >= 4 is 50.7 Å². The molecule has 0 aliphatic carbocycles. The van der Waals surface area contributed by atoms with E-state index in [1.807, 2.05) is 0 Å². The fourth-order valence-electron chi connectivity index (χ4n) is 1.82. The third-order valence-corrected chi connectivity index (χ3v) is 4.76. The van der Waals surface area contributed by atoms with Crippen LogP contribution in [0.2, 0.25) is 10.0 Å². The summed E-state index contributed by atoms with van der Waals surface area (Å²) in [7, 11) is -3.78. The minimum absolute atomic E-state index is 0.0402. The minimum atomic E-state index is -3.78. The number of hydrogen-bond acceptors (Lipinski definition) is 4. The lowest BCUT2D eigenvalue weighted by Crippen LogP contribution is -2.34. The summed E-state index contributed by atoms with van der Waals surface area (Å²) in [6.07, 6.45) is 0. The van der Waals surface area contributed by atoms with Gasteiger partial charge in [-0.15, -0.1) is 0 Å². The van der Waals surface area contributed by atoms with Crippen LogP contribution < -0.4 is 15.8 Å². The summed E-state index contributed by atoms with van der Waals surface area (Å²) in [5, 5.41) is 10.4. The first kappa shape index (κ1) is 19.2. The van der Waals surface area contributed by atoms with Gasteiger partial charge in [-0.1, -0.05) is 35.3 Å². The van der Waals surface area contributed by atoms with E-state index in [2.05, 4.69) is 10.6 Å².